The van der Waals surface area contributed by atoms with E-state index < -0.39 is 0 Å². The summed E-state index contributed by atoms with van der Waals surface area (Å²) in [5.74, 6) is -0.117. The third-order valence-electron chi connectivity index (χ3n) is 2.93. The maximum Gasteiger partial charge on any atom is 0.306 e. The molecule has 0 bridgehead atoms. The van der Waals surface area contributed by atoms with E-state index >= 15 is 0 Å². The lowest BCUT2D eigenvalue weighted by molar-refractivity contribution is -0.147. The molecule has 0 aliphatic heterocycles. The highest BCUT2D eigenvalue weighted by atomic mass is 16.5. The van der Waals surface area contributed by atoms with E-state index in [9.17, 15) is 4.79 Å². The minimum atomic E-state index is -0.117. The summed E-state index contributed by atoms with van der Waals surface area (Å²) in [4.78, 5) is 11.7. The number of benzene rings is 1. The number of unbranched alkanes of at least 4 members (excludes halogenated alkanes) is 1. The Hall–Kier alpha value is -1.35. The first kappa shape index (κ1) is 15.7. The van der Waals surface area contributed by atoms with Crippen LogP contribution in [-0.2, 0) is 16.0 Å². The molecule has 0 radical (unpaired) electrons. The molecule has 0 aromatic heterocycles. The number of carbonyl (C=O) groups is 1. The van der Waals surface area contributed by atoms with Gasteiger partial charge in [-0.2, -0.15) is 0 Å². The number of hydrogen-bond acceptors (Lipinski definition) is 3. The summed E-state index contributed by atoms with van der Waals surface area (Å²) in [5.41, 5.74) is 1.17. The number of ether oxygens (including phenoxy) is 1. The molecule has 1 rings (SSSR count). The van der Waals surface area contributed by atoms with Crippen LogP contribution in [0, 0.1) is 0 Å². The quantitative estimate of drug-likeness (QED) is 0.550. The summed E-state index contributed by atoms with van der Waals surface area (Å²) in [6, 6.07) is 10.0. The smallest absolute Gasteiger partial charge is 0.306 e. The Bertz CT molecular complexity index is 351. The highest BCUT2D eigenvalue weighted by Crippen LogP contribution is 2.04. The second kappa shape index (κ2) is 9.56. The molecule has 1 atom stereocenters. The number of esters is 1. The lowest BCUT2D eigenvalue weighted by Crippen LogP contribution is -2.29. The van der Waals surface area contributed by atoms with Crippen LogP contribution in [0.3, 0.4) is 0 Å². The fourth-order valence-corrected chi connectivity index (χ4v) is 1.82. The number of carbonyl (C=O) groups excluding carboxylic acids is 1. The summed E-state index contributed by atoms with van der Waals surface area (Å²) in [7, 11) is 0. The van der Waals surface area contributed by atoms with Crippen LogP contribution < -0.4 is 5.32 Å². The van der Waals surface area contributed by atoms with E-state index in [0.717, 1.165) is 25.9 Å². The highest BCUT2D eigenvalue weighted by Gasteiger charge is 2.09. The standard InChI is InChI=1S/C16H25NO2/c1-3-4-12-17-13-14(2)19-16(18)11-10-15-8-6-5-7-9-15/h5-9,14,17H,3-4,10-13H2,1-2H3. The van der Waals surface area contributed by atoms with Crippen LogP contribution in [0.1, 0.15) is 38.7 Å². The second-order valence-corrected chi connectivity index (χ2v) is 4.84. The van der Waals surface area contributed by atoms with Gasteiger partial charge in [-0.3, -0.25) is 4.79 Å². The van der Waals surface area contributed by atoms with Crippen LogP contribution in [0.15, 0.2) is 30.3 Å². The van der Waals surface area contributed by atoms with Crippen LogP contribution in [0.4, 0.5) is 0 Å². The van der Waals surface area contributed by atoms with Crippen LogP contribution in [0.5, 0.6) is 0 Å². The first-order valence-electron chi connectivity index (χ1n) is 7.16. The number of nitrogens with one attached hydrogen (secondary N) is 1. The third kappa shape index (κ3) is 7.62. The average molecular weight is 263 g/mol. The van der Waals surface area contributed by atoms with Gasteiger partial charge >= 0.3 is 5.97 Å². The predicted octanol–water partition coefficient (Wildman–Crippen LogP) is 2.94. The Morgan fingerprint density at radius 3 is 2.74 bits per heavy atom. The Balaban J connectivity index is 2.13. The molecule has 106 valence electrons. The minimum absolute atomic E-state index is 0.0554. The van der Waals surface area contributed by atoms with Gasteiger partial charge in [0.25, 0.3) is 0 Å². The van der Waals surface area contributed by atoms with Gasteiger partial charge in [-0.05, 0) is 31.9 Å². The molecule has 3 heteroatoms. The molecular weight excluding hydrogens is 238 g/mol. The van der Waals surface area contributed by atoms with E-state index in [4.69, 9.17) is 4.74 Å². The van der Waals surface area contributed by atoms with Gasteiger partial charge in [-0.15, -0.1) is 0 Å². The summed E-state index contributed by atoms with van der Waals surface area (Å²) in [6.45, 7) is 5.81. The maximum absolute atomic E-state index is 11.7. The Morgan fingerprint density at radius 2 is 2.05 bits per heavy atom. The first-order valence-corrected chi connectivity index (χ1v) is 7.16. The zero-order valence-corrected chi connectivity index (χ0v) is 12.0. The zero-order valence-electron chi connectivity index (χ0n) is 12.0. The Kier molecular flexibility index (Phi) is 7.91. The molecule has 0 aliphatic rings. The molecule has 0 aliphatic carbocycles. The van der Waals surface area contributed by atoms with Crippen LogP contribution in [-0.4, -0.2) is 25.2 Å². The largest absolute Gasteiger partial charge is 0.461 e. The third-order valence-corrected chi connectivity index (χ3v) is 2.93. The van der Waals surface area contributed by atoms with Gasteiger partial charge in [0, 0.05) is 13.0 Å². The van der Waals surface area contributed by atoms with Gasteiger partial charge in [0.05, 0.1) is 0 Å². The van der Waals surface area contributed by atoms with Gasteiger partial charge in [0.15, 0.2) is 0 Å². The molecule has 1 aromatic carbocycles. The van der Waals surface area contributed by atoms with E-state index in [-0.39, 0.29) is 12.1 Å². The van der Waals surface area contributed by atoms with Gasteiger partial charge in [0.1, 0.15) is 6.10 Å². The average Bonchev–Trinajstić information content (AvgIpc) is 2.42. The fourth-order valence-electron chi connectivity index (χ4n) is 1.82. The van der Waals surface area contributed by atoms with Gasteiger partial charge in [-0.25, -0.2) is 0 Å². The second-order valence-electron chi connectivity index (χ2n) is 4.84. The SMILES string of the molecule is CCCCNCC(C)OC(=O)CCc1ccccc1. The van der Waals surface area contributed by atoms with Crippen molar-refractivity contribution in [1.29, 1.82) is 0 Å². The lowest BCUT2D eigenvalue weighted by Gasteiger charge is -2.14. The van der Waals surface area contributed by atoms with Crippen LogP contribution in [0.2, 0.25) is 0 Å². The molecule has 3 nitrogen and oxygen atoms in total. The lowest BCUT2D eigenvalue weighted by atomic mass is 10.1. The van der Waals surface area contributed by atoms with E-state index in [1.54, 1.807) is 0 Å². The van der Waals surface area contributed by atoms with Crippen molar-refractivity contribution in [3.63, 3.8) is 0 Å². The predicted molar refractivity (Wildman–Crippen MR) is 78.1 cm³/mol. The highest BCUT2D eigenvalue weighted by molar-refractivity contribution is 5.69. The fraction of sp³-hybridized carbons (Fsp3) is 0.562. The summed E-state index contributed by atoms with van der Waals surface area (Å²) >= 11 is 0. The van der Waals surface area contributed by atoms with E-state index in [0.29, 0.717) is 6.42 Å². The molecule has 0 amide bonds. The number of rotatable bonds is 9. The zero-order chi connectivity index (χ0) is 13.9. The van der Waals surface area contributed by atoms with E-state index in [1.165, 1.54) is 12.0 Å². The van der Waals surface area contributed by atoms with E-state index in [1.807, 2.05) is 37.3 Å². The van der Waals surface area contributed by atoms with Gasteiger partial charge in [0.2, 0.25) is 0 Å². The number of hydrogen-bond donors (Lipinski definition) is 1. The molecule has 0 saturated carbocycles. The molecular formula is C16H25NO2. The van der Waals surface area contributed by atoms with Gasteiger partial charge < -0.3 is 10.1 Å². The molecule has 0 saturated heterocycles. The molecule has 0 fully saturated rings. The monoisotopic (exact) mass is 263 g/mol. The van der Waals surface area contributed by atoms with Crippen molar-refractivity contribution >= 4 is 5.97 Å². The maximum atomic E-state index is 11.7. The minimum Gasteiger partial charge on any atom is -0.461 e. The molecule has 1 N–H and O–H groups in total. The van der Waals surface area contributed by atoms with Crippen LogP contribution >= 0.6 is 0 Å². The first-order chi connectivity index (χ1) is 9.22. The molecule has 0 spiro atoms. The van der Waals surface area contributed by atoms with Crippen molar-refractivity contribution in [2.24, 2.45) is 0 Å². The normalized spacial score (nSPS) is 12.1. The van der Waals surface area contributed by atoms with Crippen molar-refractivity contribution in [2.75, 3.05) is 13.1 Å². The van der Waals surface area contributed by atoms with Crippen molar-refractivity contribution in [2.45, 2.75) is 45.6 Å². The van der Waals surface area contributed by atoms with Crippen molar-refractivity contribution in [1.82, 2.24) is 5.32 Å². The summed E-state index contributed by atoms with van der Waals surface area (Å²) in [5, 5.41) is 3.29. The topological polar surface area (TPSA) is 38.3 Å². The Labute approximate surface area is 116 Å². The van der Waals surface area contributed by atoms with Crippen molar-refractivity contribution < 1.29 is 9.53 Å². The Morgan fingerprint density at radius 1 is 1.32 bits per heavy atom. The molecule has 1 unspecified atom stereocenters. The molecule has 1 aromatic rings. The van der Waals surface area contributed by atoms with Gasteiger partial charge in [-0.1, -0.05) is 43.7 Å². The van der Waals surface area contributed by atoms with Crippen LogP contribution in [0.25, 0.3) is 0 Å². The molecule has 19 heavy (non-hydrogen) atoms. The molecule has 0 heterocycles. The number of aryl methyl sites for hydroxylation is 1. The van der Waals surface area contributed by atoms with Crippen molar-refractivity contribution in [3.8, 4) is 0 Å². The van der Waals surface area contributed by atoms with E-state index in [2.05, 4.69) is 12.2 Å². The van der Waals surface area contributed by atoms with Crippen molar-refractivity contribution in [3.05, 3.63) is 35.9 Å². The summed E-state index contributed by atoms with van der Waals surface area (Å²) in [6.07, 6.45) is 3.48. The summed E-state index contributed by atoms with van der Waals surface area (Å²) < 4.78 is 5.35.